The van der Waals surface area contributed by atoms with Crippen molar-refractivity contribution in [2.45, 2.75) is 18.8 Å². The third kappa shape index (κ3) is 3.35. The third-order valence-corrected chi connectivity index (χ3v) is 3.34. The number of nitrogens with zero attached hydrogens (tertiary/aromatic N) is 2. The van der Waals surface area contributed by atoms with E-state index < -0.39 is 5.38 Å². The maximum Gasteiger partial charge on any atom is 0.242 e. The van der Waals surface area contributed by atoms with E-state index in [-0.39, 0.29) is 5.91 Å². The fourth-order valence-electron chi connectivity index (χ4n) is 1.87. The molecule has 1 aromatic carbocycles. The Morgan fingerprint density at radius 1 is 1.42 bits per heavy atom. The molecule has 0 saturated heterocycles. The van der Waals surface area contributed by atoms with Crippen LogP contribution in [0.1, 0.15) is 22.2 Å². The second-order valence-corrected chi connectivity index (χ2v) is 4.84. The number of hydrogen-bond donors (Lipinski definition) is 1. The lowest BCUT2D eigenvalue weighted by atomic mass is 10.1. The number of benzene rings is 1. The molecule has 0 fully saturated rings. The van der Waals surface area contributed by atoms with Gasteiger partial charge in [0.15, 0.2) is 0 Å². The largest absolute Gasteiger partial charge is 0.350 e. The molecular weight excluding hydrogens is 262 g/mol. The minimum Gasteiger partial charge on any atom is -0.350 e. The molecule has 1 amide bonds. The fraction of sp³-hybridized carbons (Fsp3) is 0.286. The van der Waals surface area contributed by atoms with Gasteiger partial charge >= 0.3 is 0 Å². The fourth-order valence-corrected chi connectivity index (χ4v) is 2.09. The Labute approximate surface area is 117 Å². The van der Waals surface area contributed by atoms with Gasteiger partial charge in [0.25, 0.3) is 0 Å². The van der Waals surface area contributed by atoms with Crippen molar-refractivity contribution in [3.05, 3.63) is 53.3 Å². The molecule has 2 aromatic rings. The summed E-state index contributed by atoms with van der Waals surface area (Å²) < 4.78 is 1.73. The molecule has 2 rings (SSSR count). The molecule has 0 bridgehead atoms. The molecular formula is C14H16ClN3O. The smallest absolute Gasteiger partial charge is 0.242 e. The van der Waals surface area contributed by atoms with Gasteiger partial charge in [-0.2, -0.15) is 5.10 Å². The van der Waals surface area contributed by atoms with E-state index in [0.717, 1.165) is 16.8 Å². The summed E-state index contributed by atoms with van der Waals surface area (Å²) in [5.41, 5.74) is 2.70. The minimum atomic E-state index is -0.668. The van der Waals surface area contributed by atoms with E-state index >= 15 is 0 Å². The summed E-state index contributed by atoms with van der Waals surface area (Å²) >= 11 is 6.14. The second kappa shape index (κ2) is 5.89. The predicted octanol–water partition coefficient (Wildman–Crippen LogP) is 2.32. The number of carbonyl (C=O) groups is 1. The Morgan fingerprint density at radius 2 is 2.11 bits per heavy atom. The van der Waals surface area contributed by atoms with Crippen molar-refractivity contribution in [3.63, 3.8) is 0 Å². The lowest BCUT2D eigenvalue weighted by molar-refractivity contribution is -0.121. The van der Waals surface area contributed by atoms with Crippen LogP contribution in [-0.4, -0.2) is 15.7 Å². The van der Waals surface area contributed by atoms with Crippen LogP contribution in [0.5, 0.6) is 0 Å². The average molecular weight is 278 g/mol. The Kier molecular flexibility index (Phi) is 4.22. The zero-order chi connectivity index (χ0) is 13.8. The number of halogens is 1. The van der Waals surface area contributed by atoms with Crippen LogP contribution in [0.15, 0.2) is 36.5 Å². The van der Waals surface area contributed by atoms with Crippen LogP contribution in [-0.2, 0) is 18.4 Å². The molecule has 0 radical (unpaired) electrons. The number of alkyl halides is 1. The SMILES string of the molecule is Cc1nn(C)cc1CNC(=O)C(Cl)c1ccccc1. The van der Waals surface area contributed by atoms with E-state index in [2.05, 4.69) is 10.4 Å². The molecule has 19 heavy (non-hydrogen) atoms. The molecule has 0 spiro atoms. The van der Waals surface area contributed by atoms with Crippen LogP contribution < -0.4 is 5.32 Å². The Hall–Kier alpha value is -1.81. The quantitative estimate of drug-likeness (QED) is 0.872. The van der Waals surface area contributed by atoms with Gasteiger partial charge in [0.2, 0.25) is 5.91 Å². The Morgan fingerprint density at radius 3 is 2.68 bits per heavy atom. The molecule has 100 valence electrons. The Balaban J connectivity index is 1.96. The van der Waals surface area contributed by atoms with Gasteiger partial charge in [0, 0.05) is 25.4 Å². The van der Waals surface area contributed by atoms with Gasteiger partial charge in [-0.1, -0.05) is 30.3 Å². The van der Waals surface area contributed by atoms with E-state index in [9.17, 15) is 4.79 Å². The lowest BCUT2D eigenvalue weighted by Crippen LogP contribution is -2.26. The summed E-state index contributed by atoms with van der Waals surface area (Å²) in [6.45, 7) is 2.35. The van der Waals surface area contributed by atoms with Crippen LogP contribution >= 0.6 is 11.6 Å². The van der Waals surface area contributed by atoms with E-state index in [1.807, 2.05) is 50.5 Å². The molecule has 0 aliphatic rings. The molecule has 1 unspecified atom stereocenters. The summed E-state index contributed by atoms with van der Waals surface area (Å²) in [6, 6.07) is 9.30. The van der Waals surface area contributed by atoms with Crippen molar-refractivity contribution < 1.29 is 4.79 Å². The number of rotatable bonds is 4. The monoisotopic (exact) mass is 277 g/mol. The van der Waals surface area contributed by atoms with E-state index in [4.69, 9.17) is 11.6 Å². The molecule has 0 aliphatic carbocycles. The molecule has 1 atom stereocenters. The lowest BCUT2D eigenvalue weighted by Gasteiger charge is -2.10. The van der Waals surface area contributed by atoms with E-state index in [1.165, 1.54) is 0 Å². The molecule has 1 aromatic heterocycles. The van der Waals surface area contributed by atoms with E-state index in [1.54, 1.807) is 4.68 Å². The molecule has 0 aliphatic heterocycles. The molecule has 5 heteroatoms. The van der Waals surface area contributed by atoms with Crippen LogP contribution in [0.2, 0.25) is 0 Å². The van der Waals surface area contributed by atoms with Crippen molar-refractivity contribution in [2.24, 2.45) is 7.05 Å². The molecule has 4 nitrogen and oxygen atoms in total. The average Bonchev–Trinajstić information content (AvgIpc) is 2.74. The van der Waals surface area contributed by atoms with Crippen molar-refractivity contribution in [1.82, 2.24) is 15.1 Å². The second-order valence-electron chi connectivity index (χ2n) is 4.40. The number of nitrogens with one attached hydrogen (secondary N) is 1. The van der Waals surface area contributed by atoms with Crippen molar-refractivity contribution in [2.75, 3.05) is 0 Å². The van der Waals surface area contributed by atoms with Crippen molar-refractivity contribution >= 4 is 17.5 Å². The highest BCUT2D eigenvalue weighted by Crippen LogP contribution is 2.20. The van der Waals surface area contributed by atoms with Crippen LogP contribution in [0.4, 0.5) is 0 Å². The normalized spacial score (nSPS) is 12.2. The van der Waals surface area contributed by atoms with Crippen LogP contribution in [0.3, 0.4) is 0 Å². The number of amides is 1. The van der Waals surface area contributed by atoms with E-state index in [0.29, 0.717) is 6.54 Å². The maximum atomic E-state index is 12.0. The zero-order valence-corrected chi connectivity index (χ0v) is 11.7. The first-order valence-electron chi connectivity index (χ1n) is 6.04. The summed E-state index contributed by atoms with van der Waals surface area (Å²) in [7, 11) is 1.85. The minimum absolute atomic E-state index is 0.198. The first-order valence-corrected chi connectivity index (χ1v) is 6.47. The molecule has 1 N–H and O–H groups in total. The summed E-state index contributed by atoms with van der Waals surface area (Å²) in [5.74, 6) is -0.198. The van der Waals surface area contributed by atoms with Crippen molar-refractivity contribution in [1.29, 1.82) is 0 Å². The summed E-state index contributed by atoms with van der Waals surface area (Å²) in [5, 5.41) is 6.38. The van der Waals surface area contributed by atoms with Gasteiger partial charge in [-0.05, 0) is 12.5 Å². The van der Waals surface area contributed by atoms with Crippen LogP contribution in [0.25, 0.3) is 0 Å². The van der Waals surface area contributed by atoms with Gasteiger partial charge in [-0.3, -0.25) is 9.48 Å². The van der Waals surface area contributed by atoms with Crippen LogP contribution in [0, 0.1) is 6.92 Å². The number of aromatic nitrogens is 2. The highest BCUT2D eigenvalue weighted by Gasteiger charge is 2.17. The van der Waals surface area contributed by atoms with Gasteiger partial charge in [0.05, 0.1) is 5.69 Å². The van der Waals surface area contributed by atoms with Gasteiger partial charge < -0.3 is 5.32 Å². The zero-order valence-electron chi connectivity index (χ0n) is 10.9. The number of carbonyl (C=O) groups excluding carboxylic acids is 1. The first kappa shape index (κ1) is 13.6. The molecule has 0 saturated carbocycles. The summed E-state index contributed by atoms with van der Waals surface area (Å²) in [4.78, 5) is 12.0. The topological polar surface area (TPSA) is 46.9 Å². The van der Waals surface area contributed by atoms with Crippen molar-refractivity contribution in [3.8, 4) is 0 Å². The number of hydrogen-bond acceptors (Lipinski definition) is 2. The third-order valence-electron chi connectivity index (χ3n) is 2.89. The van der Waals surface area contributed by atoms with Gasteiger partial charge in [-0.15, -0.1) is 11.6 Å². The van der Waals surface area contributed by atoms with Gasteiger partial charge in [-0.25, -0.2) is 0 Å². The number of aryl methyl sites for hydroxylation is 2. The predicted molar refractivity (Wildman–Crippen MR) is 74.8 cm³/mol. The molecule has 1 heterocycles. The highest BCUT2D eigenvalue weighted by atomic mass is 35.5. The maximum absolute atomic E-state index is 12.0. The highest BCUT2D eigenvalue weighted by molar-refractivity contribution is 6.30. The first-order chi connectivity index (χ1) is 9.08. The van der Waals surface area contributed by atoms with Gasteiger partial charge in [0.1, 0.15) is 5.38 Å². The standard InChI is InChI=1S/C14H16ClN3O/c1-10-12(9-18(2)17-10)8-16-14(19)13(15)11-6-4-3-5-7-11/h3-7,9,13H,8H2,1-2H3,(H,16,19). The Bertz CT molecular complexity index is 565. The summed E-state index contributed by atoms with van der Waals surface area (Å²) in [6.07, 6.45) is 1.89.